The van der Waals surface area contributed by atoms with Crippen molar-refractivity contribution in [1.82, 2.24) is 9.55 Å². The fourth-order valence-electron chi connectivity index (χ4n) is 3.14. The first-order chi connectivity index (χ1) is 14.5. The fraction of sp³-hybridized carbons (Fsp3) is 0. The van der Waals surface area contributed by atoms with Crippen molar-refractivity contribution in [2.24, 2.45) is 0 Å². The van der Waals surface area contributed by atoms with Crippen molar-refractivity contribution in [2.75, 3.05) is 0 Å². The van der Waals surface area contributed by atoms with Crippen molar-refractivity contribution >= 4 is 34.3 Å². The smallest absolute Gasteiger partial charge is 0.266 e. The molecule has 0 bridgehead atoms. The molecule has 5 nitrogen and oxygen atoms in total. The predicted molar refractivity (Wildman–Crippen MR) is 114 cm³/mol. The quantitative estimate of drug-likeness (QED) is 0.470. The molecule has 0 atom stereocenters. The molecule has 0 spiro atoms. The first-order valence-corrected chi connectivity index (χ1v) is 9.25. The van der Waals surface area contributed by atoms with E-state index >= 15 is 0 Å². The molecule has 30 heavy (non-hydrogen) atoms. The van der Waals surface area contributed by atoms with Gasteiger partial charge in [0.05, 0.1) is 33.2 Å². The van der Waals surface area contributed by atoms with E-state index in [9.17, 15) is 19.6 Å². The van der Waals surface area contributed by atoms with Gasteiger partial charge in [0.1, 0.15) is 17.4 Å². The zero-order chi connectivity index (χ0) is 21.3. The van der Waals surface area contributed by atoms with Crippen molar-refractivity contribution in [1.29, 1.82) is 5.26 Å². The number of nitrogens with zero attached hydrogens (tertiary/aromatic N) is 3. The molecule has 1 N–H and O–H groups in total. The highest BCUT2D eigenvalue weighted by molar-refractivity contribution is 6.32. The predicted octanol–water partition coefficient (Wildman–Crippen LogP) is 5.11. The maximum absolute atomic E-state index is 13.8. The molecule has 1 heterocycles. The van der Waals surface area contributed by atoms with E-state index in [4.69, 9.17) is 11.6 Å². The van der Waals surface area contributed by atoms with Gasteiger partial charge in [0.2, 0.25) is 0 Å². The first-order valence-electron chi connectivity index (χ1n) is 8.87. The Balaban J connectivity index is 2.05. The minimum absolute atomic E-state index is 0.0731. The zero-order valence-corrected chi connectivity index (χ0v) is 16.1. The van der Waals surface area contributed by atoms with Gasteiger partial charge in [-0.05, 0) is 42.5 Å². The maximum atomic E-state index is 13.8. The van der Waals surface area contributed by atoms with E-state index in [0.717, 1.165) is 6.07 Å². The monoisotopic (exact) mass is 417 g/mol. The van der Waals surface area contributed by atoms with E-state index in [1.807, 2.05) is 6.07 Å². The molecule has 0 unspecified atom stereocenters. The zero-order valence-electron chi connectivity index (χ0n) is 15.4. The van der Waals surface area contributed by atoms with Crippen LogP contribution in [0.5, 0.6) is 0 Å². The summed E-state index contributed by atoms with van der Waals surface area (Å²) < 4.78 is 15.0. The summed E-state index contributed by atoms with van der Waals surface area (Å²) in [6.07, 6.45) is 1.28. The minimum atomic E-state index is -0.568. The molecule has 0 aliphatic rings. The first kappa shape index (κ1) is 19.4. The number of nitriles is 1. The number of para-hydroxylation sites is 1. The van der Waals surface area contributed by atoms with Crippen molar-refractivity contribution in [3.05, 3.63) is 105 Å². The van der Waals surface area contributed by atoms with Crippen LogP contribution in [0.15, 0.2) is 71.5 Å². The molecule has 7 heteroatoms. The largest absolute Gasteiger partial charge is 0.507 e. The summed E-state index contributed by atoms with van der Waals surface area (Å²) in [6, 6.07) is 18.8. The number of aromatic nitrogens is 2. The fourth-order valence-corrected chi connectivity index (χ4v) is 3.36. The lowest BCUT2D eigenvalue weighted by molar-refractivity contribution is 0.515. The third kappa shape index (κ3) is 3.43. The minimum Gasteiger partial charge on any atom is -0.507 e. The van der Waals surface area contributed by atoms with Crippen LogP contribution >= 0.6 is 11.6 Å². The van der Waals surface area contributed by atoms with Crippen LogP contribution in [0.4, 0.5) is 4.39 Å². The van der Waals surface area contributed by atoms with E-state index in [2.05, 4.69) is 4.98 Å². The van der Waals surface area contributed by atoms with Gasteiger partial charge in [-0.1, -0.05) is 35.9 Å². The highest BCUT2D eigenvalue weighted by Gasteiger charge is 2.16. The van der Waals surface area contributed by atoms with Crippen LogP contribution in [-0.4, -0.2) is 14.7 Å². The van der Waals surface area contributed by atoms with Crippen LogP contribution in [0.3, 0.4) is 0 Å². The van der Waals surface area contributed by atoms with Gasteiger partial charge in [-0.2, -0.15) is 5.26 Å². The average Bonchev–Trinajstić information content (AvgIpc) is 2.75. The second-order valence-corrected chi connectivity index (χ2v) is 6.82. The number of hydrogen-bond donors (Lipinski definition) is 1. The van der Waals surface area contributed by atoms with E-state index < -0.39 is 11.4 Å². The van der Waals surface area contributed by atoms with Crippen LogP contribution in [-0.2, 0) is 0 Å². The summed E-state index contributed by atoms with van der Waals surface area (Å²) in [5.41, 5.74) is 0.605. The summed E-state index contributed by atoms with van der Waals surface area (Å²) >= 11 is 6.30. The second kappa shape index (κ2) is 7.82. The molecular formula is C23H13ClFN3O2. The normalized spacial score (nSPS) is 11.4. The second-order valence-electron chi connectivity index (χ2n) is 6.41. The molecule has 1 aromatic heterocycles. The third-order valence-corrected chi connectivity index (χ3v) is 4.86. The van der Waals surface area contributed by atoms with Gasteiger partial charge in [-0.15, -0.1) is 0 Å². The summed E-state index contributed by atoms with van der Waals surface area (Å²) in [4.78, 5) is 17.7. The molecule has 0 aliphatic heterocycles. The van der Waals surface area contributed by atoms with Gasteiger partial charge in [-0.3, -0.25) is 9.36 Å². The maximum Gasteiger partial charge on any atom is 0.266 e. The average molecular weight is 418 g/mol. The van der Waals surface area contributed by atoms with Crippen LogP contribution in [0, 0.1) is 17.1 Å². The Hall–Kier alpha value is -3.95. The van der Waals surface area contributed by atoms with Crippen molar-refractivity contribution < 1.29 is 9.50 Å². The molecule has 0 amide bonds. The lowest BCUT2D eigenvalue weighted by Gasteiger charge is -2.13. The molecule has 4 rings (SSSR count). The van der Waals surface area contributed by atoms with Crippen LogP contribution in [0.2, 0.25) is 5.02 Å². The third-order valence-electron chi connectivity index (χ3n) is 4.54. The van der Waals surface area contributed by atoms with Crippen molar-refractivity contribution in [3.63, 3.8) is 0 Å². The summed E-state index contributed by atoms with van der Waals surface area (Å²) in [6.45, 7) is 0. The Kier molecular flexibility index (Phi) is 5.05. The molecule has 0 saturated carbocycles. The summed E-state index contributed by atoms with van der Waals surface area (Å²) in [5.74, 6) is -0.736. The number of rotatable bonds is 3. The topological polar surface area (TPSA) is 78.9 Å². The van der Waals surface area contributed by atoms with Gasteiger partial charge < -0.3 is 5.11 Å². The molecule has 4 aromatic rings. The molecule has 0 fully saturated rings. The van der Waals surface area contributed by atoms with Gasteiger partial charge in [-0.25, -0.2) is 9.37 Å². The van der Waals surface area contributed by atoms with Crippen LogP contribution < -0.4 is 5.56 Å². The van der Waals surface area contributed by atoms with Gasteiger partial charge >= 0.3 is 0 Å². The van der Waals surface area contributed by atoms with Gasteiger partial charge in [0.25, 0.3) is 5.56 Å². The number of aliphatic hydroxyl groups is 1. The highest BCUT2D eigenvalue weighted by Crippen LogP contribution is 2.24. The van der Waals surface area contributed by atoms with E-state index in [1.165, 1.54) is 22.8 Å². The van der Waals surface area contributed by atoms with E-state index in [1.54, 1.807) is 48.5 Å². The highest BCUT2D eigenvalue weighted by atomic mass is 35.5. The molecule has 0 aliphatic carbocycles. The summed E-state index contributed by atoms with van der Waals surface area (Å²) in [5, 5.41) is 20.4. The SMILES string of the molecule is N#Cc1ccccc1/C(O)=C/c1nc2ccc(F)cc2c(=O)n1-c1ccccc1Cl. The Morgan fingerprint density at radius 2 is 1.87 bits per heavy atom. The van der Waals surface area contributed by atoms with Crippen LogP contribution in [0.1, 0.15) is 17.0 Å². The number of aliphatic hydroxyl groups excluding tert-OH is 1. The van der Waals surface area contributed by atoms with E-state index in [-0.39, 0.29) is 33.1 Å². The Morgan fingerprint density at radius 3 is 2.63 bits per heavy atom. The van der Waals surface area contributed by atoms with Crippen LogP contribution in [0.25, 0.3) is 28.4 Å². The van der Waals surface area contributed by atoms with Crippen molar-refractivity contribution in [2.45, 2.75) is 0 Å². The van der Waals surface area contributed by atoms with Crippen molar-refractivity contribution in [3.8, 4) is 11.8 Å². The standard InChI is InChI=1S/C23H13ClFN3O2/c24-18-7-3-4-8-20(18)28-22(12-21(29)16-6-2-1-5-14(16)13-26)27-19-10-9-15(25)11-17(19)23(28)30/h1-12,29H/b21-12-. The summed E-state index contributed by atoms with van der Waals surface area (Å²) in [7, 11) is 0. The molecule has 0 radical (unpaired) electrons. The Bertz CT molecular complexity index is 1420. The number of benzene rings is 3. The number of fused-ring (bicyclic) bond motifs is 1. The number of hydrogen-bond acceptors (Lipinski definition) is 4. The lowest BCUT2D eigenvalue weighted by atomic mass is 10.1. The molecule has 146 valence electrons. The van der Waals surface area contributed by atoms with E-state index in [0.29, 0.717) is 11.3 Å². The lowest BCUT2D eigenvalue weighted by Crippen LogP contribution is -2.23. The number of halogens is 2. The molecule has 3 aromatic carbocycles. The molecule has 0 saturated heterocycles. The Labute approximate surface area is 175 Å². The Morgan fingerprint density at radius 1 is 1.13 bits per heavy atom. The van der Waals surface area contributed by atoms with Gasteiger partial charge in [0, 0.05) is 11.6 Å². The van der Waals surface area contributed by atoms with Gasteiger partial charge in [0.15, 0.2) is 0 Å². The molecular weight excluding hydrogens is 405 g/mol.